The third-order valence-corrected chi connectivity index (χ3v) is 4.97. The Morgan fingerprint density at radius 1 is 1.00 bits per heavy atom. The molecule has 8 heteroatoms. The molecule has 1 saturated carbocycles. The number of nitrogens with zero attached hydrogens (tertiary/aromatic N) is 1. The summed E-state index contributed by atoms with van der Waals surface area (Å²) in [5.74, 6) is -0.292. The Hall–Kier alpha value is -2.32. The molecule has 0 bridgehead atoms. The average Bonchev–Trinajstić information content (AvgIpc) is 3.37. The van der Waals surface area contributed by atoms with Crippen LogP contribution in [-0.4, -0.2) is 30.1 Å². The van der Waals surface area contributed by atoms with Crippen molar-refractivity contribution in [3.8, 4) is 11.5 Å². The Morgan fingerprint density at radius 2 is 1.76 bits per heavy atom. The molecule has 156 valence electrons. The van der Waals surface area contributed by atoms with Crippen LogP contribution in [0, 0.1) is 5.82 Å². The Bertz CT molecular complexity index is 838. The lowest BCUT2D eigenvalue weighted by Crippen LogP contribution is -2.34. The third-order valence-electron chi connectivity index (χ3n) is 4.97. The van der Waals surface area contributed by atoms with Crippen molar-refractivity contribution in [1.82, 2.24) is 10.4 Å². The van der Waals surface area contributed by atoms with Crippen LogP contribution in [0.25, 0.3) is 0 Å². The number of hydroxylamine groups is 1. The minimum atomic E-state index is -4.62. The van der Waals surface area contributed by atoms with Crippen molar-refractivity contribution in [2.75, 3.05) is 13.1 Å². The molecular formula is C21H22F4N2O2. The van der Waals surface area contributed by atoms with Crippen LogP contribution >= 0.6 is 0 Å². The van der Waals surface area contributed by atoms with Crippen molar-refractivity contribution >= 4 is 0 Å². The van der Waals surface area contributed by atoms with Crippen molar-refractivity contribution in [2.24, 2.45) is 0 Å². The topological polar surface area (TPSA) is 33.7 Å². The number of hydrogen-bond acceptors (Lipinski definition) is 4. The highest BCUT2D eigenvalue weighted by atomic mass is 19.4. The van der Waals surface area contributed by atoms with E-state index < -0.39 is 17.6 Å². The van der Waals surface area contributed by atoms with Gasteiger partial charge in [0.25, 0.3) is 0 Å². The summed E-state index contributed by atoms with van der Waals surface area (Å²) in [6, 6.07) is 10.2. The van der Waals surface area contributed by atoms with Gasteiger partial charge in [-0.25, -0.2) is 4.39 Å². The largest absolute Gasteiger partial charge is 0.490 e. The van der Waals surface area contributed by atoms with Gasteiger partial charge in [-0.1, -0.05) is 12.1 Å². The first kappa shape index (κ1) is 20.0. The maximum atomic E-state index is 13.4. The first-order valence-corrected chi connectivity index (χ1v) is 9.63. The van der Waals surface area contributed by atoms with Gasteiger partial charge < -0.3 is 9.57 Å². The fourth-order valence-electron chi connectivity index (χ4n) is 3.32. The van der Waals surface area contributed by atoms with Crippen LogP contribution in [0.5, 0.6) is 11.5 Å². The molecule has 1 aliphatic carbocycles. The Balaban J connectivity index is 1.26. The Kier molecular flexibility index (Phi) is 5.65. The number of nitrogens with one attached hydrogen (secondary N) is 1. The third kappa shape index (κ3) is 5.61. The van der Waals surface area contributed by atoms with Crippen LogP contribution in [0.1, 0.15) is 30.4 Å². The van der Waals surface area contributed by atoms with Gasteiger partial charge in [0, 0.05) is 25.7 Å². The molecule has 2 aliphatic rings. The zero-order valence-electron chi connectivity index (χ0n) is 15.7. The van der Waals surface area contributed by atoms with Gasteiger partial charge in [0.1, 0.15) is 11.6 Å². The minimum absolute atomic E-state index is 0.0509. The summed E-state index contributed by atoms with van der Waals surface area (Å²) >= 11 is 0. The molecule has 4 rings (SSSR count). The monoisotopic (exact) mass is 410 g/mol. The normalized spacial score (nSPS) is 20.1. The van der Waals surface area contributed by atoms with Crippen molar-refractivity contribution in [1.29, 1.82) is 0 Å². The van der Waals surface area contributed by atoms with Crippen LogP contribution in [0.4, 0.5) is 17.6 Å². The molecule has 2 aromatic carbocycles. The van der Waals surface area contributed by atoms with Gasteiger partial charge in [-0.05, 0) is 49.1 Å². The molecule has 0 spiro atoms. The quantitative estimate of drug-likeness (QED) is 0.537. The fourth-order valence-corrected chi connectivity index (χ4v) is 3.32. The first-order chi connectivity index (χ1) is 13.8. The van der Waals surface area contributed by atoms with Crippen molar-refractivity contribution < 1.29 is 27.1 Å². The van der Waals surface area contributed by atoms with Gasteiger partial charge in [0.05, 0.1) is 17.7 Å². The van der Waals surface area contributed by atoms with E-state index in [1.807, 2.05) is 24.3 Å². The maximum Gasteiger partial charge on any atom is 0.416 e. The summed E-state index contributed by atoms with van der Waals surface area (Å²) in [4.78, 5) is 7.46. The molecule has 0 amide bonds. The van der Waals surface area contributed by atoms with E-state index in [1.165, 1.54) is 0 Å². The Labute approximate surface area is 166 Å². The SMILES string of the molecule is Fc1cc(ON[C@@H]2CCN(Cc3ccc(OC4CC4)cc3)C2)cc(C(F)(F)F)c1. The van der Waals surface area contributed by atoms with Crippen LogP contribution in [0.3, 0.4) is 0 Å². The number of benzene rings is 2. The number of ether oxygens (including phenoxy) is 1. The van der Waals surface area contributed by atoms with Crippen LogP contribution in [0.15, 0.2) is 42.5 Å². The van der Waals surface area contributed by atoms with Gasteiger partial charge in [-0.2, -0.15) is 18.7 Å². The molecule has 1 saturated heterocycles. The van der Waals surface area contributed by atoms with Gasteiger partial charge in [0.2, 0.25) is 0 Å². The second kappa shape index (κ2) is 8.20. The second-order valence-electron chi connectivity index (χ2n) is 7.58. The van der Waals surface area contributed by atoms with Crippen LogP contribution in [0.2, 0.25) is 0 Å². The summed E-state index contributed by atoms with van der Waals surface area (Å²) in [6.45, 7) is 2.28. The highest BCUT2D eigenvalue weighted by Gasteiger charge is 2.32. The predicted octanol–water partition coefficient (Wildman–Crippen LogP) is 4.54. The summed E-state index contributed by atoms with van der Waals surface area (Å²) in [7, 11) is 0. The molecule has 2 aromatic rings. The molecule has 29 heavy (non-hydrogen) atoms. The summed E-state index contributed by atoms with van der Waals surface area (Å²) < 4.78 is 57.5. The molecule has 4 nitrogen and oxygen atoms in total. The summed E-state index contributed by atoms with van der Waals surface area (Å²) in [5, 5.41) is 0. The van der Waals surface area contributed by atoms with E-state index >= 15 is 0 Å². The molecule has 1 atom stereocenters. The molecule has 0 unspecified atom stereocenters. The van der Waals surface area contributed by atoms with E-state index in [4.69, 9.17) is 9.57 Å². The maximum absolute atomic E-state index is 13.4. The van der Waals surface area contributed by atoms with Crippen molar-refractivity contribution in [3.63, 3.8) is 0 Å². The number of hydrogen-bond donors (Lipinski definition) is 1. The molecule has 1 N–H and O–H groups in total. The minimum Gasteiger partial charge on any atom is -0.490 e. The zero-order chi connectivity index (χ0) is 20.4. The van der Waals surface area contributed by atoms with E-state index in [-0.39, 0.29) is 11.8 Å². The van der Waals surface area contributed by atoms with E-state index in [0.29, 0.717) is 18.7 Å². The van der Waals surface area contributed by atoms with E-state index in [9.17, 15) is 17.6 Å². The molecular weight excluding hydrogens is 388 g/mol. The van der Waals surface area contributed by atoms with E-state index in [0.717, 1.165) is 55.8 Å². The molecule has 0 aromatic heterocycles. The highest BCUT2D eigenvalue weighted by Crippen LogP contribution is 2.32. The second-order valence-corrected chi connectivity index (χ2v) is 7.58. The summed E-state index contributed by atoms with van der Waals surface area (Å²) in [5.41, 5.74) is 2.85. The van der Waals surface area contributed by atoms with Crippen LogP contribution < -0.4 is 15.1 Å². The number of rotatable bonds is 7. The molecule has 0 radical (unpaired) electrons. The van der Waals surface area contributed by atoms with E-state index in [2.05, 4.69) is 10.4 Å². The van der Waals surface area contributed by atoms with Gasteiger partial charge in [-0.3, -0.25) is 4.90 Å². The lowest BCUT2D eigenvalue weighted by atomic mass is 10.2. The van der Waals surface area contributed by atoms with Gasteiger partial charge >= 0.3 is 6.18 Å². The average molecular weight is 410 g/mol. The lowest BCUT2D eigenvalue weighted by Gasteiger charge is -2.17. The van der Waals surface area contributed by atoms with Crippen molar-refractivity contribution in [3.05, 3.63) is 59.4 Å². The van der Waals surface area contributed by atoms with Gasteiger partial charge in [-0.15, -0.1) is 0 Å². The first-order valence-electron chi connectivity index (χ1n) is 9.63. The zero-order valence-corrected chi connectivity index (χ0v) is 15.7. The van der Waals surface area contributed by atoms with Crippen molar-refractivity contribution in [2.45, 2.75) is 44.1 Å². The highest BCUT2D eigenvalue weighted by molar-refractivity contribution is 5.31. The molecule has 2 fully saturated rings. The van der Waals surface area contributed by atoms with Crippen LogP contribution in [-0.2, 0) is 12.7 Å². The number of likely N-dealkylation sites (tertiary alicyclic amines) is 1. The summed E-state index contributed by atoms with van der Waals surface area (Å²) in [6.07, 6.45) is -1.22. The number of halogens is 4. The molecule has 1 aliphatic heterocycles. The Morgan fingerprint density at radius 3 is 2.45 bits per heavy atom. The lowest BCUT2D eigenvalue weighted by molar-refractivity contribution is -0.137. The molecule has 1 heterocycles. The van der Waals surface area contributed by atoms with Gasteiger partial charge in [0.15, 0.2) is 5.75 Å². The fraction of sp³-hybridized carbons (Fsp3) is 0.429. The number of alkyl halides is 3. The smallest absolute Gasteiger partial charge is 0.416 e. The standard InChI is InChI=1S/C21H22F4N2O2/c22-16-9-15(21(23,24)25)10-20(11-16)29-26-17-7-8-27(13-17)12-14-1-3-18(4-2-14)28-19-5-6-19/h1-4,9-11,17,19,26H,5-8,12-13H2/t17-/m1/s1. The predicted molar refractivity (Wildman–Crippen MR) is 98.9 cm³/mol. The van der Waals surface area contributed by atoms with E-state index in [1.54, 1.807) is 0 Å².